The number of nitrogens with two attached hydrogens (primary N) is 1. The number of rotatable bonds is 7. The maximum Gasteiger partial charge on any atom is 0.107 e. The summed E-state index contributed by atoms with van der Waals surface area (Å²) in [6.07, 6.45) is 21.4. The highest BCUT2D eigenvalue weighted by Gasteiger charge is 2.33. The molecule has 2 unspecified atom stereocenters. The maximum absolute atomic E-state index is 7.65. The van der Waals surface area contributed by atoms with Crippen molar-refractivity contribution in [2.24, 2.45) is 16.6 Å². The van der Waals surface area contributed by atoms with Crippen molar-refractivity contribution >= 4 is 17.5 Å². The molecule has 35 heavy (non-hydrogen) atoms. The molecule has 0 bridgehead atoms. The zero-order valence-corrected chi connectivity index (χ0v) is 21.2. The largest absolute Gasteiger partial charge is 0.402 e. The minimum atomic E-state index is 0.487. The molecule has 4 aliphatic carbocycles. The summed E-state index contributed by atoms with van der Waals surface area (Å²) in [5.74, 6) is 1.25. The van der Waals surface area contributed by atoms with Crippen LogP contribution in [0.15, 0.2) is 57.9 Å². The van der Waals surface area contributed by atoms with E-state index in [1.807, 2.05) is 6.08 Å². The Morgan fingerprint density at radius 1 is 1.17 bits per heavy atom. The van der Waals surface area contributed by atoms with Gasteiger partial charge in [0.2, 0.25) is 0 Å². The Labute approximate surface area is 209 Å². The van der Waals surface area contributed by atoms with Crippen molar-refractivity contribution < 1.29 is 0 Å². The van der Waals surface area contributed by atoms with E-state index in [-0.39, 0.29) is 0 Å². The molecule has 4 aliphatic rings. The van der Waals surface area contributed by atoms with Crippen LogP contribution in [0.2, 0.25) is 0 Å². The summed E-state index contributed by atoms with van der Waals surface area (Å²) in [4.78, 5) is 8.83. The van der Waals surface area contributed by atoms with Crippen LogP contribution in [-0.4, -0.2) is 23.6 Å². The lowest BCUT2D eigenvalue weighted by atomic mass is 9.77. The zero-order chi connectivity index (χ0) is 24.4. The lowest BCUT2D eigenvalue weighted by molar-refractivity contribution is 0.494. The van der Waals surface area contributed by atoms with Crippen LogP contribution in [0.4, 0.5) is 0 Å². The summed E-state index contributed by atoms with van der Waals surface area (Å²) in [6, 6.07) is 0. The monoisotopic (exact) mass is 469 g/mol. The van der Waals surface area contributed by atoms with Crippen LogP contribution in [0.3, 0.4) is 0 Å². The maximum atomic E-state index is 7.65. The number of nitrogens with one attached hydrogen (secondary N) is 3. The number of aliphatic imine (C=N–C) groups is 1. The predicted molar refractivity (Wildman–Crippen MR) is 147 cm³/mol. The second kappa shape index (κ2) is 10.3. The molecular weight excluding hydrogens is 430 g/mol. The van der Waals surface area contributed by atoms with E-state index in [9.17, 15) is 0 Å². The van der Waals surface area contributed by atoms with Crippen molar-refractivity contribution in [1.29, 1.82) is 5.41 Å². The molecule has 0 saturated carbocycles. The molecule has 1 aromatic heterocycles. The number of aromatic nitrogens is 1. The molecule has 1 aromatic rings. The van der Waals surface area contributed by atoms with Crippen LogP contribution in [-0.2, 0) is 12.8 Å². The summed E-state index contributed by atoms with van der Waals surface area (Å²) in [5.41, 5.74) is 19.1. The molecule has 1 heterocycles. The fraction of sp³-hybridized carbons (Fsp3) is 0.467. The van der Waals surface area contributed by atoms with Crippen molar-refractivity contribution in [1.82, 2.24) is 10.3 Å². The Morgan fingerprint density at radius 2 is 2.06 bits per heavy atom. The molecular formula is C30H39N5. The number of fused-ring (bicyclic) bond motifs is 3. The Hall–Kier alpha value is -3.08. The molecule has 0 fully saturated rings. The minimum absolute atomic E-state index is 0.487. The van der Waals surface area contributed by atoms with Crippen LogP contribution in [0.25, 0.3) is 5.57 Å². The van der Waals surface area contributed by atoms with E-state index in [0.717, 1.165) is 55.9 Å². The first-order valence-electron chi connectivity index (χ1n) is 13.3. The van der Waals surface area contributed by atoms with Crippen molar-refractivity contribution in [2.45, 2.75) is 77.6 Å². The van der Waals surface area contributed by atoms with E-state index in [2.05, 4.69) is 48.5 Å². The topological polar surface area (TPSA) is 90.0 Å². The fourth-order valence-electron chi connectivity index (χ4n) is 6.14. The van der Waals surface area contributed by atoms with Crippen molar-refractivity contribution in [3.63, 3.8) is 0 Å². The van der Waals surface area contributed by atoms with Gasteiger partial charge in [0.1, 0.15) is 6.67 Å². The molecule has 5 N–H and O–H groups in total. The molecule has 5 rings (SSSR count). The smallest absolute Gasteiger partial charge is 0.107 e. The first-order chi connectivity index (χ1) is 17.0. The zero-order valence-electron chi connectivity index (χ0n) is 21.2. The Kier molecular flexibility index (Phi) is 6.94. The summed E-state index contributed by atoms with van der Waals surface area (Å²) >= 11 is 0. The number of aromatic amines is 1. The van der Waals surface area contributed by atoms with E-state index >= 15 is 0 Å². The van der Waals surface area contributed by atoms with E-state index in [4.69, 9.17) is 16.1 Å². The van der Waals surface area contributed by atoms with E-state index < -0.39 is 0 Å². The van der Waals surface area contributed by atoms with Crippen molar-refractivity contribution in [3.05, 3.63) is 75.4 Å². The second-order valence-electron chi connectivity index (χ2n) is 10.6. The van der Waals surface area contributed by atoms with Crippen molar-refractivity contribution in [3.8, 4) is 0 Å². The molecule has 0 amide bonds. The van der Waals surface area contributed by atoms with E-state index in [1.165, 1.54) is 52.9 Å². The van der Waals surface area contributed by atoms with Gasteiger partial charge in [-0.25, -0.2) is 0 Å². The highest BCUT2D eigenvalue weighted by molar-refractivity contribution is 6.07. The summed E-state index contributed by atoms with van der Waals surface area (Å²) in [5, 5.41) is 11.4. The van der Waals surface area contributed by atoms with Crippen LogP contribution in [0.1, 0.15) is 87.2 Å². The highest BCUT2D eigenvalue weighted by Crippen LogP contribution is 2.46. The SMILES string of the molecule is CC1CCc2[nH]c3c(c2C1)C(C)CC(NC/N=C(\CC=N)C1=CC=C(N)CC1)=C3C1=CC=CCC1. The fourth-order valence-corrected chi connectivity index (χ4v) is 6.14. The van der Waals surface area contributed by atoms with Gasteiger partial charge in [-0.3, -0.25) is 4.99 Å². The third kappa shape index (κ3) is 4.86. The van der Waals surface area contributed by atoms with Gasteiger partial charge < -0.3 is 21.4 Å². The number of H-pyrrole nitrogens is 1. The lowest BCUT2D eigenvalue weighted by Crippen LogP contribution is -2.23. The Bertz CT molecular complexity index is 1180. The second-order valence-corrected chi connectivity index (χ2v) is 10.6. The highest BCUT2D eigenvalue weighted by atomic mass is 15.0. The molecule has 5 heteroatoms. The summed E-state index contributed by atoms with van der Waals surface area (Å²) < 4.78 is 0. The number of hydrogen-bond donors (Lipinski definition) is 4. The minimum Gasteiger partial charge on any atom is -0.402 e. The third-order valence-electron chi connectivity index (χ3n) is 7.97. The molecule has 0 aliphatic heterocycles. The Morgan fingerprint density at radius 3 is 2.80 bits per heavy atom. The molecule has 184 valence electrons. The number of nitrogens with zero attached hydrogens (tertiary/aromatic N) is 1. The number of aryl methyl sites for hydroxylation is 1. The average molecular weight is 470 g/mol. The number of hydrogen-bond acceptors (Lipinski definition) is 4. The molecule has 0 saturated heterocycles. The first kappa shape index (κ1) is 23.7. The third-order valence-corrected chi connectivity index (χ3v) is 7.97. The van der Waals surface area contributed by atoms with Crippen LogP contribution in [0, 0.1) is 11.3 Å². The van der Waals surface area contributed by atoms with Gasteiger partial charge in [-0.15, -0.1) is 0 Å². The Balaban J connectivity index is 1.49. The van der Waals surface area contributed by atoms with Crippen LogP contribution < -0.4 is 11.1 Å². The summed E-state index contributed by atoms with van der Waals surface area (Å²) in [6.45, 7) is 5.30. The normalized spacial score (nSPS) is 24.3. The van der Waals surface area contributed by atoms with Gasteiger partial charge in [-0.05, 0) is 91.6 Å². The average Bonchev–Trinajstić information content (AvgIpc) is 3.23. The first-order valence-corrected chi connectivity index (χ1v) is 13.3. The summed E-state index contributed by atoms with van der Waals surface area (Å²) in [7, 11) is 0. The van der Waals surface area contributed by atoms with Crippen LogP contribution in [0.5, 0.6) is 0 Å². The number of allylic oxidation sites excluding steroid dienone is 10. The van der Waals surface area contributed by atoms with Crippen LogP contribution >= 0.6 is 0 Å². The molecule has 0 aromatic carbocycles. The molecule has 5 nitrogen and oxygen atoms in total. The van der Waals surface area contributed by atoms with Gasteiger partial charge in [-0.1, -0.05) is 38.2 Å². The van der Waals surface area contributed by atoms with Gasteiger partial charge >= 0.3 is 0 Å². The van der Waals surface area contributed by atoms with Gasteiger partial charge in [0, 0.05) is 41.0 Å². The standard InChI is InChI=1S/C30H39N5/c1-19-8-13-26-24(16-19)28-20(2)17-27(29(30(28)35-26)22-6-4-3-5-7-22)34-18-33-25(14-15-31)21-9-11-23(32)12-10-21/h3-4,6,9,11,15,19-20,31,34-35H,5,7-8,10,12-14,16-18,32H2,1-2H3/b31-15?,33-25+. The quantitative estimate of drug-likeness (QED) is 0.357. The molecule has 0 spiro atoms. The predicted octanol–water partition coefficient (Wildman–Crippen LogP) is 6.22. The van der Waals surface area contributed by atoms with Gasteiger partial charge in [-0.2, -0.15) is 0 Å². The molecule has 2 atom stereocenters. The van der Waals surface area contributed by atoms with Gasteiger partial charge in [0.25, 0.3) is 0 Å². The van der Waals surface area contributed by atoms with E-state index in [0.29, 0.717) is 19.0 Å². The van der Waals surface area contributed by atoms with Crippen molar-refractivity contribution in [2.75, 3.05) is 6.67 Å². The molecule has 0 radical (unpaired) electrons. The lowest BCUT2D eigenvalue weighted by Gasteiger charge is -2.29. The van der Waals surface area contributed by atoms with Gasteiger partial charge in [0.05, 0.1) is 5.69 Å². The van der Waals surface area contributed by atoms with E-state index in [1.54, 1.807) is 11.1 Å². The van der Waals surface area contributed by atoms with Gasteiger partial charge in [0.15, 0.2) is 0 Å².